The zero-order valence-corrected chi connectivity index (χ0v) is 17.5. The summed E-state index contributed by atoms with van der Waals surface area (Å²) in [6.07, 6.45) is -2.84. The largest absolute Gasteiger partial charge is 0.487 e. The highest BCUT2D eigenvalue weighted by Gasteiger charge is 2.42. The molecule has 0 saturated heterocycles. The van der Waals surface area contributed by atoms with Crippen molar-refractivity contribution >= 4 is 0 Å². The molecule has 1 heterocycles. The van der Waals surface area contributed by atoms with Crippen molar-refractivity contribution < 1.29 is 41.3 Å². The average Bonchev–Trinajstić information content (AvgIpc) is 3.18. The minimum Gasteiger partial charge on any atom is -0.487 e. The maximum atomic E-state index is 14.3. The summed E-state index contributed by atoms with van der Waals surface area (Å²) in [6.45, 7) is -1.28. The van der Waals surface area contributed by atoms with Crippen molar-refractivity contribution in [2.75, 3.05) is 13.2 Å². The van der Waals surface area contributed by atoms with Crippen molar-refractivity contribution in [3.8, 4) is 11.4 Å². The lowest BCUT2D eigenvalue weighted by molar-refractivity contribution is -0.148. The van der Waals surface area contributed by atoms with Gasteiger partial charge in [-0.3, -0.25) is 0 Å². The van der Waals surface area contributed by atoms with Crippen molar-refractivity contribution in [3.63, 3.8) is 0 Å². The molecule has 0 aliphatic rings. The van der Waals surface area contributed by atoms with Crippen molar-refractivity contribution in [1.29, 1.82) is 0 Å². The van der Waals surface area contributed by atoms with Crippen molar-refractivity contribution in [2.45, 2.75) is 30.9 Å². The van der Waals surface area contributed by atoms with Gasteiger partial charge in [-0.2, -0.15) is 13.9 Å². The number of aliphatic hydroxyl groups is 2. The summed E-state index contributed by atoms with van der Waals surface area (Å²) in [7, 11) is 0. The quantitative estimate of drug-likeness (QED) is 0.450. The molecule has 0 fully saturated rings. The van der Waals surface area contributed by atoms with Gasteiger partial charge in [0.05, 0.1) is 18.3 Å². The Hall–Kier alpha value is -3.32. The van der Waals surface area contributed by atoms with E-state index >= 15 is 0 Å². The van der Waals surface area contributed by atoms with Gasteiger partial charge in [0.15, 0.2) is 6.61 Å². The number of aliphatic hydroxyl groups excluding tert-OH is 1. The van der Waals surface area contributed by atoms with Crippen LogP contribution in [0.2, 0.25) is 0 Å². The van der Waals surface area contributed by atoms with E-state index in [0.717, 1.165) is 27.7 Å². The van der Waals surface area contributed by atoms with E-state index in [1.165, 1.54) is 31.2 Å². The molecule has 13 heteroatoms. The molecule has 0 spiro atoms. The lowest BCUT2D eigenvalue weighted by Crippen LogP contribution is -2.43. The number of nitrogens with zero attached hydrogens (tertiary/aromatic N) is 3. The van der Waals surface area contributed by atoms with Crippen LogP contribution >= 0.6 is 0 Å². The van der Waals surface area contributed by atoms with Gasteiger partial charge < -0.3 is 14.9 Å². The first kappa shape index (κ1) is 25.3. The monoisotopic (exact) mass is 491 g/mol. The zero-order valence-electron chi connectivity index (χ0n) is 17.5. The predicted molar refractivity (Wildman–Crippen MR) is 106 cm³/mol. The van der Waals surface area contributed by atoms with Crippen LogP contribution in [0, 0.1) is 11.6 Å². The highest BCUT2D eigenvalue weighted by molar-refractivity contribution is 5.37. The highest BCUT2D eigenvalue weighted by atomic mass is 19.3. The van der Waals surface area contributed by atoms with E-state index in [-0.39, 0.29) is 11.4 Å². The summed E-state index contributed by atoms with van der Waals surface area (Å²) >= 11 is 0. The number of alkyl halides is 4. The van der Waals surface area contributed by atoms with Crippen molar-refractivity contribution in [2.24, 2.45) is 0 Å². The second kappa shape index (κ2) is 9.50. The van der Waals surface area contributed by atoms with Crippen LogP contribution in [-0.2, 0) is 5.60 Å². The molecule has 1 aromatic heterocycles. The molecular formula is C21H19F6N3O4. The average molecular weight is 491 g/mol. The molecule has 0 amide bonds. The van der Waals surface area contributed by atoms with E-state index in [9.17, 15) is 41.4 Å². The third-order valence-corrected chi connectivity index (χ3v) is 5.26. The van der Waals surface area contributed by atoms with E-state index in [0.29, 0.717) is 6.07 Å². The Morgan fingerprint density at radius 2 is 1.76 bits per heavy atom. The maximum absolute atomic E-state index is 14.3. The molecule has 34 heavy (non-hydrogen) atoms. The van der Waals surface area contributed by atoms with E-state index in [1.54, 1.807) is 0 Å². The Morgan fingerprint density at radius 3 is 2.32 bits per heavy atom. The van der Waals surface area contributed by atoms with Gasteiger partial charge in [0.1, 0.15) is 29.3 Å². The summed E-state index contributed by atoms with van der Waals surface area (Å²) in [5, 5.41) is 24.6. The van der Waals surface area contributed by atoms with Gasteiger partial charge in [0.25, 0.3) is 0 Å². The fourth-order valence-electron chi connectivity index (χ4n) is 3.19. The number of hydrogen-bond acceptors (Lipinski definition) is 5. The van der Waals surface area contributed by atoms with Crippen LogP contribution in [0.5, 0.6) is 5.75 Å². The van der Waals surface area contributed by atoms with Crippen molar-refractivity contribution in [3.05, 3.63) is 76.5 Å². The predicted octanol–water partition coefficient (Wildman–Crippen LogP) is 3.03. The number of benzene rings is 2. The van der Waals surface area contributed by atoms with E-state index in [4.69, 9.17) is 0 Å². The van der Waals surface area contributed by atoms with Crippen LogP contribution in [0.15, 0.2) is 53.6 Å². The molecule has 0 aliphatic heterocycles. The smallest absolute Gasteiger partial charge is 0.350 e. The Balaban J connectivity index is 1.86. The SMILES string of the molecule is C[C@@H](n1ncn(-c2ccc(OCC(F)(F)C(F)F)cc2)c1=O)[C@@](O)(CO)c1ccc(F)cc1F. The van der Waals surface area contributed by atoms with E-state index < -0.39 is 60.1 Å². The first-order chi connectivity index (χ1) is 15.9. The summed E-state index contributed by atoms with van der Waals surface area (Å²) in [5.74, 6) is -6.52. The standard InChI is InChI=1S/C21H19F6N3O4/c1-12(20(33,9-31)16-7-2-13(22)8-17(16)23)30-19(32)29(11-28-30)14-3-5-15(6-4-14)34-10-21(26,27)18(24)25/h2-8,11-12,18,31,33H,9-10H2,1H3/t12-,20+/m1/s1. The van der Waals surface area contributed by atoms with Gasteiger partial charge in [-0.1, -0.05) is 6.07 Å². The minimum atomic E-state index is -4.33. The third-order valence-electron chi connectivity index (χ3n) is 5.26. The molecule has 3 rings (SSSR count). The number of rotatable bonds is 9. The van der Waals surface area contributed by atoms with Crippen LogP contribution in [0.3, 0.4) is 0 Å². The molecule has 0 unspecified atom stereocenters. The Bertz CT molecular complexity index is 1200. The Morgan fingerprint density at radius 1 is 1.12 bits per heavy atom. The minimum absolute atomic E-state index is 0.153. The molecule has 2 aromatic carbocycles. The molecule has 0 bridgehead atoms. The Kier molecular flexibility index (Phi) is 7.07. The van der Waals surface area contributed by atoms with Crippen LogP contribution in [0.4, 0.5) is 26.3 Å². The van der Waals surface area contributed by atoms with Gasteiger partial charge in [-0.25, -0.2) is 31.6 Å². The molecule has 3 aromatic rings. The summed E-state index contributed by atoms with van der Waals surface area (Å²) < 4.78 is 84.4. The highest BCUT2D eigenvalue weighted by Crippen LogP contribution is 2.34. The van der Waals surface area contributed by atoms with Crippen LogP contribution in [0.1, 0.15) is 18.5 Å². The number of hydrogen-bond donors (Lipinski definition) is 2. The van der Waals surface area contributed by atoms with Gasteiger partial charge in [0.2, 0.25) is 0 Å². The summed E-state index contributed by atoms with van der Waals surface area (Å²) in [6, 6.07) is 5.90. The lowest BCUT2D eigenvalue weighted by Gasteiger charge is -2.32. The van der Waals surface area contributed by atoms with Crippen molar-refractivity contribution in [1.82, 2.24) is 14.3 Å². The molecule has 0 aliphatic carbocycles. The van der Waals surface area contributed by atoms with E-state index in [2.05, 4.69) is 9.84 Å². The van der Waals surface area contributed by atoms with Gasteiger partial charge >= 0.3 is 18.0 Å². The first-order valence-electron chi connectivity index (χ1n) is 9.75. The fraction of sp³-hybridized carbons (Fsp3) is 0.333. The van der Waals surface area contributed by atoms with Crippen LogP contribution in [-0.4, -0.2) is 50.1 Å². The van der Waals surface area contributed by atoms with Crippen LogP contribution < -0.4 is 10.4 Å². The number of ether oxygens (including phenoxy) is 1. The molecular weight excluding hydrogens is 472 g/mol. The second-order valence-corrected chi connectivity index (χ2v) is 7.45. The van der Waals surface area contributed by atoms with Crippen LogP contribution in [0.25, 0.3) is 5.69 Å². The molecule has 7 nitrogen and oxygen atoms in total. The molecule has 184 valence electrons. The maximum Gasteiger partial charge on any atom is 0.350 e. The second-order valence-electron chi connectivity index (χ2n) is 7.45. The van der Waals surface area contributed by atoms with E-state index in [1.807, 2.05) is 0 Å². The number of halogens is 6. The third kappa shape index (κ3) is 4.80. The number of aromatic nitrogens is 3. The van der Waals surface area contributed by atoms with Gasteiger partial charge in [0, 0.05) is 11.6 Å². The van der Waals surface area contributed by atoms with Gasteiger partial charge in [-0.15, -0.1) is 0 Å². The molecule has 0 radical (unpaired) electrons. The topological polar surface area (TPSA) is 89.5 Å². The molecule has 2 atom stereocenters. The summed E-state index contributed by atoms with van der Waals surface area (Å²) in [4.78, 5) is 12.9. The first-order valence-corrected chi connectivity index (χ1v) is 9.75. The summed E-state index contributed by atoms with van der Waals surface area (Å²) in [5.41, 5.74) is -3.43. The Labute approximate surface area is 188 Å². The fourth-order valence-corrected chi connectivity index (χ4v) is 3.19. The normalized spacial score (nSPS) is 14.8. The molecule has 0 saturated carbocycles. The lowest BCUT2D eigenvalue weighted by atomic mass is 9.87. The van der Waals surface area contributed by atoms with Gasteiger partial charge in [-0.05, 0) is 37.3 Å². The molecule has 2 N–H and O–H groups in total. The zero-order chi connectivity index (χ0) is 25.3.